The molecule has 1 aliphatic heterocycles. The first-order valence-electron chi connectivity index (χ1n) is 5.37. The van der Waals surface area contributed by atoms with Gasteiger partial charge in [-0.25, -0.2) is 0 Å². The maximum absolute atomic E-state index is 10.5. The van der Waals surface area contributed by atoms with Crippen LogP contribution in [-0.2, 0) is 4.79 Å². The van der Waals surface area contributed by atoms with Crippen molar-refractivity contribution in [3.05, 3.63) is 12.3 Å². The van der Waals surface area contributed by atoms with Crippen molar-refractivity contribution in [1.82, 2.24) is 9.80 Å². The van der Waals surface area contributed by atoms with Gasteiger partial charge in [-0.15, -0.1) is 0 Å². The fourth-order valence-electron chi connectivity index (χ4n) is 1.50. The van der Waals surface area contributed by atoms with Crippen molar-refractivity contribution in [3.8, 4) is 0 Å². The van der Waals surface area contributed by atoms with E-state index in [1.807, 2.05) is 16.7 Å². The van der Waals surface area contributed by atoms with Crippen LogP contribution in [0.15, 0.2) is 12.3 Å². The summed E-state index contributed by atoms with van der Waals surface area (Å²) in [5.41, 5.74) is 1.19. The lowest BCUT2D eigenvalue weighted by Crippen LogP contribution is -2.45. The first-order valence-corrected chi connectivity index (χ1v) is 6.42. The standard InChI is InChI=1S/C11H20N2OS/c1-10(2)15-8-11(3)13-6-4-12(9-14)5-7-13/h9-10H,3-8H2,1-2H3. The largest absolute Gasteiger partial charge is 0.371 e. The molecule has 15 heavy (non-hydrogen) atoms. The van der Waals surface area contributed by atoms with Crippen LogP contribution in [-0.4, -0.2) is 53.4 Å². The third-order valence-electron chi connectivity index (χ3n) is 2.49. The normalized spacial score (nSPS) is 17.0. The van der Waals surface area contributed by atoms with E-state index in [1.165, 1.54) is 5.70 Å². The minimum atomic E-state index is 0.651. The lowest BCUT2D eigenvalue weighted by molar-refractivity contribution is -0.119. The molecular weight excluding hydrogens is 208 g/mol. The Balaban J connectivity index is 2.27. The van der Waals surface area contributed by atoms with Crippen LogP contribution < -0.4 is 0 Å². The molecule has 0 saturated carbocycles. The van der Waals surface area contributed by atoms with Crippen LogP contribution in [0.5, 0.6) is 0 Å². The van der Waals surface area contributed by atoms with E-state index in [1.54, 1.807) is 0 Å². The lowest BCUT2D eigenvalue weighted by atomic mass is 10.3. The van der Waals surface area contributed by atoms with Crippen molar-refractivity contribution in [1.29, 1.82) is 0 Å². The van der Waals surface area contributed by atoms with Gasteiger partial charge in [0.25, 0.3) is 0 Å². The summed E-state index contributed by atoms with van der Waals surface area (Å²) < 4.78 is 0. The first kappa shape index (κ1) is 12.4. The molecule has 0 spiro atoms. The monoisotopic (exact) mass is 228 g/mol. The zero-order valence-corrected chi connectivity index (χ0v) is 10.4. The van der Waals surface area contributed by atoms with E-state index in [0.29, 0.717) is 5.25 Å². The van der Waals surface area contributed by atoms with Crippen molar-refractivity contribution in [3.63, 3.8) is 0 Å². The molecule has 0 atom stereocenters. The number of piperazine rings is 1. The second-order valence-corrected chi connectivity index (χ2v) is 5.62. The van der Waals surface area contributed by atoms with Gasteiger partial charge in [-0.2, -0.15) is 11.8 Å². The number of nitrogens with zero attached hydrogens (tertiary/aromatic N) is 2. The Morgan fingerprint density at radius 1 is 1.40 bits per heavy atom. The molecule has 3 nitrogen and oxygen atoms in total. The summed E-state index contributed by atoms with van der Waals surface area (Å²) in [6, 6.07) is 0. The van der Waals surface area contributed by atoms with Gasteiger partial charge in [0.1, 0.15) is 0 Å². The summed E-state index contributed by atoms with van der Waals surface area (Å²) in [6.45, 7) is 12.0. The predicted octanol–water partition coefficient (Wildman–Crippen LogP) is 1.42. The highest BCUT2D eigenvalue weighted by Crippen LogP contribution is 2.16. The summed E-state index contributed by atoms with van der Waals surface area (Å²) in [5, 5.41) is 0.651. The Bertz CT molecular complexity index is 223. The quantitative estimate of drug-likeness (QED) is 0.665. The van der Waals surface area contributed by atoms with Gasteiger partial charge < -0.3 is 9.80 Å². The van der Waals surface area contributed by atoms with Gasteiger partial charge >= 0.3 is 0 Å². The number of thioether (sulfide) groups is 1. The second-order valence-electron chi connectivity index (χ2n) is 4.05. The highest BCUT2D eigenvalue weighted by Gasteiger charge is 2.16. The molecule has 0 aromatic carbocycles. The first-order chi connectivity index (χ1) is 7.13. The minimum Gasteiger partial charge on any atom is -0.371 e. The fraction of sp³-hybridized carbons (Fsp3) is 0.727. The molecule has 0 aliphatic carbocycles. The summed E-state index contributed by atoms with van der Waals surface area (Å²) in [5.74, 6) is 0.999. The summed E-state index contributed by atoms with van der Waals surface area (Å²) in [6.07, 6.45) is 0.934. The van der Waals surface area contributed by atoms with E-state index in [-0.39, 0.29) is 0 Å². The molecule has 1 rings (SSSR count). The molecule has 4 heteroatoms. The predicted molar refractivity (Wildman–Crippen MR) is 65.9 cm³/mol. The molecule has 0 radical (unpaired) electrons. The van der Waals surface area contributed by atoms with Crippen LogP contribution in [0.3, 0.4) is 0 Å². The van der Waals surface area contributed by atoms with Gasteiger partial charge in [0, 0.05) is 37.6 Å². The third-order valence-corrected chi connectivity index (χ3v) is 3.66. The fourth-order valence-corrected chi connectivity index (χ4v) is 2.21. The zero-order chi connectivity index (χ0) is 11.3. The molecule has 1 saturated heterocycles. The van der Waals surface area contributed by atoms with E-state index >= 15 is 0 Å². The van der Waals surface area contributed by atoms with Crippen LogP contribution in [0.25, 0.3) is 0 Å². The van der Waals surface area contributed by atoms with Crippen molar-refractivity contribution in [2.24, 2.45) is 0 Å². The Morgan fingerprint density at radius 2 is 2.00 bits per heavy atom. The van der Waals surface area contributed by atoms with Gasteiger partial charge in [0.2, 0.25) is 6.41 Å². The Labute approximate surface area is 96.5 Å². The maximum atomic E-state index is 10.5. The van der Waals surface area contributed by atoms with Crippen LogP contribution in [0.1, 0.15) is 13.8 Å². The van der Waals surface area contributed by atoms with Gasteiger partial charge in [-0.3, -0.25) is 4.79 Å². The van der Waals surface area contributed by atoms with Gasteiger partial charge in [-0.05, 0) is 5.25 Å². The van der Waals surface area contributed by atoms with Crippen LogP contribution >= 0.6 is 11.8 Å². The number of hydrogen-bond donors (Lipinski definition) is 0. The maximum Gasteiger partial charge on any atom is 0.209 e. The second kappa shape index (κ2) is 6.05. The summed E-state index contributed by atoms with van der Waals surface area (Å²) >= 11 is 1.92. The highest BCUT2D eigenvalue weighted by molar-refractivity contribution is 8.00. The number of amides is 1. The molecule has 0 N–H and O–H groups in total. The van der Waals surface area contributed by atoms with Crippen molar-refractivity contribution in [2.75, 3.05) is 31.9 Å². The number of carbonyl (C=O) groups excluding carboxylic acids is 1. The van der Waals surface area contributed by atoms with Gasteiger partial charge in [0.05, 0.1) is 0 Å². The number of rotatable bonds is 5. The minimum absolute atomic E-state index is 0.651. The summed E-state index contributed by atoms with van der Waals surface area (Å²) in [4.78, 5) is 14.6. The molecule has 1 aliphatic rings. The summed E-state index contributed by atoms with van der Waals surface area (Å²) in [7, 11) is 0. The molecule has 0 unspecified atom stereocenters. The Hall–Kier alpha value is -0.640. The molecule has 86 valence electrons. The Kier molecular flexibility index (Phi) is 5.02. The van der Waals surface area contributed by atoms with E-state index < -0.39 is 0 Å². The van der Waals surface area contributed by atoms with Crippen molar-refractivity contribution < 1.29 is 4.79 Å². The molecule has 0 aromatic rings. The molecule has 0 bridgehead atoms. The molecule has 1 fully saturated rings. The van der Waals surface area contributed by atoms with E-state index in [9.17, 15) is 4.79 Å². The van der Waals surface area contributed by atoms with Crippen molar-refractivity contribution in [2.45, 2.75) is 19.1 Å². The van der Waals surface area contributed by atoms with Crippen molar-refractivity contribution >= 4 is 18.2 Å². The molecular formula is C11H20N2OS. The number of carbonyl (C=O) groups is 1. The Morgan fingerprint density at radius 3 is 2.47 bits per heavy atom. The highest BCUT2D eigenvalue weighted by atomic mass is 32.2. The third kappa shape index (κ3) is 4.16. The van der Waals surface area contributed by atoms with Crippen LogP contribution in [0.4, 0.5) is 0 Å². The molecule has 1 amide bonds. The van der Waals surface area contributed by atoms with E-state index in [4.69, 9.17) is 0 Å². The van der Waals surface area contributed by atoms with Gasteiger partial charge in [-0.1, -0.05) is 20.4 Å². The number of hydrogen-bond acceptors (Lipinski definition) is 3. The lowest BCUT2D eigenvalue weighted by Gasteiger charge is -2.35. The smallest absolute Gasteiger partial charge is 0.209 e. The molecule has 0 aromatic heterocycles. The van der Waals surface area contributed by atoms with Crippen LogP contribution in [0.2, 0.25) is 0 Å². The van der Waals surface area contributed by atoms with Gasteiger partial charge in [0.15, 0.2) is 0 Å². The average Bonchev–Trinajstić information content (AvgIpc) is 2.26. The van der Waals surface area contributed by atoms with Crippen LogP contribution in [0, 0.1) is 0 Å². The SMILES string of the molecule is C=C(CSC(C)C)N1CCN(C=O)CC1. The molecule has 1 heterocycles. The van der Waals surface area contributed by atoms with E-state index in [2.05, 4.69) is 25.3 Å². The topological polar surface area (TPSA) is 23.6 Å². The zero-order valence-electron chi connectivity index (χ0n) is 9.61. The van der Waals surface area contributed by atoms with E-state index in [0.717, 1.165) is 38.3 Å². The average molecular weight is 228 g/mol.